The summed E-state index contributed by atoms with van der Waals surface area (Å²) in [5.41, 5.74) is 3.44. The molecule has 1 fully saturated rings. The number of amides is 1. The minimum absolute atomic E-state index is 0.0133. The van der Waals surface area contributed by atoms with Gasteiger partial charge in [-0.3, -0.25) is 4.79 Å². The third-order valence-corrected chi connectivity index (χ3v) is 11.1. The lowest BCUT2D eigenvalue weighted by atomic mass is 10.0. The zero-order valence-corrected chi connectivity index (χ0v) is 29.6. The number of carbonyl (C=O) groups excluding carboxylic acids is 1. The van der Waals surface area contributed by atoms with Crippen molar-refractivity contribution in [3.63, 3.8) is 0 Å². The van der Waals surface area contributed by atoms with Crippen LogP contribution in [0.1, 0.15) is 43.4 Å². The fourth-order valence-corrected chi connectivity index (χ4v) is 8.51. The molecule has 48 heavy (non-hydrogen) atoms. The van der Waals surface area contributed by atoms with E-state index in [-0.39, 0.29) is 36.6 Å². The number of nitrogens with zero attached hydrogens (tertiary/aromatic N) is 2. The van der Waals surface area contributed by atoms with E-state index >= 15 is 0 Å². The standard InChI is InChI=1S/C36H46N4O6S2/c1-24(2)21-40(48(43,44)29-15-16-30-33(19-29)47-36(39-30)37-20-28-14-9-17-45-28)22-32(41)31(18-27-12-6-5-7-13-27)38-34(42)23-46-35-25(3)10-8-11-26(35)4/h5-8,10-13,15-16,19,24,28,31-32,41H,9,14,17-18,20-23H2,1-4H3,(H,37,39)(H,38,42)/t28?,31?,32-/m1/s1. The number of benzene rings is 3. The molecule has 3 N–H and O–H groups in total. The highest BCUT2D eigenvalue weighted by Crippen LogP contribution is 2.30. The van der Waals surface area contributed by atoms with E-state index in [2.05, 4.69) is 15.6 Å². The molecule has 4 aromatic rings. The number of carbonyl (C=O) groups is 1. The molecule has 0 spiro atoms. The molecule has 0 bridgehead atoms. The van der Waals surface area contributed by atoms with Crippen molar-refractivity contribution in [2.45, 2.75) is 70.1 Å². The molecule has 1 amide bonds. The van der Waals surface area contributed by atoms with Crippen LogP contribution in [0.25, 0.3) is 10.2 Å². The first-order valence-electron chi connectivity index (χ1n) is 16.5. The fourth-order valence-electron chi connectivity index (χ4n) is 5.87. The van der Waals surface area contributed by atoms with Crippen LogP contribution in [0.4, 0.5) is 5.13 Å². The first-order valence-corrected chi connectivity index (χ1v) is 18.7. The van der Waals surface area contributed by atoms with E-state index < -0.39 is 28.1 Å². The number of hydrogen-bond donors (Lipinski definition) is 3. The number of nitrogens with one attached hydrogen (secondary N) is 2. The summed E-state index contributed by atoms with van der Waals surface area (Å²) < 4.78 is 41.9. The van der Waals surface area contributed by atoms with Crippen LogP contribution in [0, 0.1) is 19.8 Å². The summed E-state index contributed by atoms with van der Waals surface area (Å²) in [6.45, 7) is 8.88. The minimum atomic E-state index is -4.01. The van der Waals surface area contributed by atoms with Crippen LogP contribution in [-0.4, -0.2) is 79.8 Å². The summed E-state index contributed by atoms with van der Waals surface area (Å²) in [5.74, 6) is 0.224. The van der Waals surface area contributed by atoms with Crippen LogP contribution >= 0.6 is 11.3 Å². The van der Waals surface area contributed by atoms with Crippen molar-refractivity contribution in [1.29, 1.82) is 0 Å². The van der Waals surface area contributed by atoms with Gasteiger partial charge in [0.15, 0.2) is 11.7 Å². The van der Waals surface area contributed by atoms with Gasteiger partial charge in [0.2, 0.25) is 10.0 Å². The Hall–Kier alpha value is -3.55. The molecule has 0 aliphatic carbocycles. The van der Waals surface area contributed by atoms with Gasteiger partial charge < -0.3 is 25.2 Å². The van der Waals surface area contributed by atoms with Crippen molar-refractivity contribution < 1.29 is 27.8 Å². The molecule has 0 saturated carbocycles. The highest BCUT2D eigenvalue weighted by Gasteiger charge is 2.32. The van der Waals surface area contributed by atoms with Gasteiger partial charge in [-0.1, -0.05) is 73.7 Å². The van der Waals surface area contributed by atoms with Crippen molar-refractivity contribution in [2.75, 3.05) is 38.2 Å². The van der Waals surface area contributed by atoms with Gasteiger partial charge in [-0.15, -0.1) is 0 Å². The minimum Gasteiger partial charge on any atom is -0.483 e. The monoisotopic (exact) mass is 694 g/mol. The van der Waals surface area contributed by atoms with E-state index in [1.54, 1.807) is 18.2 Å². The first kappa shape index (κ1) is 35.7. The molecule has 12 heteroatoms. The number of aliphatic hydroxyl groups is 1. The van der Waals surface area contributed by atoms with E-state index in [0.29, 0.717) is 29.4 Å². The number of para-hydroxylation sites is 1. The topological polar surface area (TPSA) is 130 Å². The SMILES string of the molecule is Cc1cccc(C)c1OCC(=O)NC(Cc1ccccc1)[C@H](O)CN(CC(C)C)S(=O)(=O)c1ccc2nc(NCC3CCCO3)sc2c1. The molecule has 0 radical (unpaired) electrons. The van der Waals surface area contributed by atoms with Gasteiger partial charge in [0.1, 0.15) is 5.75 Å². The van der Waals surface area contributed by atoms with E-state index in [4.69, 9.17) is 9.47 Å². The van der Waals surface area contributed by atoms with E-state index in [1.807, 2.05) is 76.2 Å². The molecule has 5 rings (SSSR count). The van der Waals surface area contributed by atoms with Crippen molar-refractivity contribution in [3.05, 3.63) is 83.4 Å². The van der Waals surface area contributed by atoms with E-state index in [9.17, 15) is 18.3 Å². The summed E-state index contributed by atoms with van der Waals surface area (Å²) >= 11 is 1.40. The number of anilines is 1. The summed E-state index contributed by atoms with van der Waals surface area (Å²) in [5, 5.41) is 18.6. The Morgan fingerprint density at radius 2 is 1.83 bits per heavy atom. The molecule has 3 aromatic carbocycles. The number of fused-ring (bicyclic) bond motifs is 1. The molecule has 10 nitrogen and oxygen atoms in total. The first-order chi connectivity index (χ1) is 23.0. The second-order valence-corrected chi connectivity index (χ2v) is 15.8. The van der Waals surface area contributed by atoms with E-state index in [1.165, 1.54) is 15.6 Å². The van der Waals surface area contributed by atoms with Crippen LogP contribution in [0.2, 0.25) is 0 Å². The summed E-state index contributed by atoms with van der Waals surface area (Å²) in [4.78, 5) is 17.9. The third kappa shape index (κ3) is 9.32. The lowest BCUT2D eigenvalue weighted by Gasteiger charge is -2.30. The van der Waals surface area contributed by atoms with Crippen LogP contribution in [0.3, 0.4) is 0 Å². The number of aliphatic hydroxyl groups excluding tert-OH is 1. The van der Waals surface area contributed by atoms with Crippen LogP contribution in [0.5, 0.6) is 5.75 Å². The Labute approximate surface area is 287 Å². The van der Waals surface area contributed by atoms with Crippen LogP contribution < -0.4 is 15.4 Å². The predicted molar refractivity (Wildman–Crippen MR) is 190 cm³/mol. The average Bonchev–Trinajstić information content (AvgIpc) is 3.72. The van der Waals surface area contributed by atoms with Crippen molar-refractivity contribution >= 4 is 42.6 Å². The normalized spacial score (nSPS) is 16.4. The largest absolute Gasteiger partial charge is 0.483 e. The Morgan fingerprint density at radius 3 is 2.52 bits per heavy atom. The number of sulfonamides is 1. The maximum Gasteiger partial charge on any atom is 0.258 e. The quantitative estimate of drug-likeness (QED) is 0.144. The van der Waals surface area contributed by atoms with Gasteiger partial charge in [-0.25, -0.2) is 13.4 Å². The number of hydrogen-bond acceptors (Lipinski definition) is 9. The summed E-state index contributed by atoms with van der Waals surface area (Å²) in [7, 11) is -4.01. The number of thiazole rings is 1. The van der Waals surface area contributed by atoms with Gasteiger partial charge in [0.05, 0.1) is 33.4 Å². The second-order valence-electron chi connectivity index (χ2n) is 12.8. The molecule has 1 aromatic heterocycles. The van der Waals surface area contributed by atoms with Gasteiger partial charge in [0.25, 0.3) is 5.91 Å². The molecular formula is C36H46N4O6S2. The van der Waals surface area contributed by atoms with Crippen molar-refractivity contribution in [1.82, 2.24) is 14.6 Å². The van der Waals surface area contributed by atoms with Gasteiger partial charge >= 0.3 is 0 Å². The predicted octanol–water partition coefficient (Wildman–Crippen LogP) is 5.32. The molecule has 3 atom stereocenters. The Bertz CT molecular complexity index is 1750. The Balaban J connectivity index is 1.33. The van der Waals surface area contributed by atoms with Gasteiger partial charge in [-0.05, 0) is 73.9 Å². The van der Waals surface area contributed by atoms with Gasteiger partial charge in [-0.2, -0.15) is 4.31 Å². The molecule has 258 valence electrons. The molecule has 1 aliphatic heterocycles. The fraction of sp³-hybridized carbons (Fsp3) is 0.444. The van der Waals surface area contributed by atoms with Crippen LogP contribution in [-0.2, 0) is 26.0 Å². The molecule has 1 saturated heterocycles. The van der Waals surface area contributed by atoms with Gasteiger partial charge in [0, 0.05) is 26.2 Å². The van der Waals surface area contributed by atoms with E-state index in [0.717, 1.165) is 40.8 Å². The smallest absolute Gasteiger partial charge is 0.258 e. The average molecular weight is 695 g/mol. The third-order valence-electron chi connectivity index (χ3n) is 8.33. The molecular weight excluding hydrogens is 649 g/mol. The zero-order chi connectivity index (χ0) is 34.3. The number of aromatic nitrogens is 1. The second kappa shape index (κ2) is 16.2. The molecule has 2 heterocycles. The highest BCUT2D eigenvalue weighted by molar-refractivity contribution is 7.89. The summed E-state index contributed by atoms with van der Waals surface area (Å²) in [6, 6.07) is 19.4. The van der Waals surface area contributed by atoms with Crippen molar-refractivity contribution in [3.8, 4) is 5.75 Å². The lowest BCUT2D eigenvalue weighted by molar-refractivity contribution is -0.124. The maximum atomic E-state index is 14.1. The summed E-state index contributed by atoms with van der Waals surface area (Å²) in [6.07, 6.45) is 1.32. The Morgan fingerprint density at radius 1 is 1.08 bits per heavy atom. The number of rotatable bonds is 16. The van der Waals surface area contributed by atoms with Crippen molar-refractivity contribution in [2.24, 2.45) is 5.92 Å². The maximum absolute atomic E-state index is 14.1. The number of ether oxygens (including phenoxy) is 2. The lowest BCUT2D eigenvalue weighted by Crippen LogP contribution is -2.52. The molecule has 1 aliphatic rings. The molecule has 2 unspecified atom stereocenters. The zero-order valence-electron chi connectivity index (χ0n) is 28.0. The highest BCUT2D eigenvalue weighted by atomic mass is 32.2. The number of aryl methyl sites for hydroxylation is 2. The Kier molecular flexibility index (Phi) is 12.1. The van der Waals surface area contributed by atoms with Crippen LogP contribution in [0.15, 0.2) is 71.6 Å².